The predicted molar refractivity (Wildman–Crippen MR) is 85.3 cm³/mol. The highest BCUT2D eigenvalue weighted by atomic mass is 16.2. The second-order valence-electron chi connectivity index (χ2n) is 6.38. The molecule has 0 aliphatic carbocycles. The fourth-order valence-corrected chi connectivity index (χ4v) is 3.47. The molecule has 0 radical (unpaired) electrons. The van der Waals surface area contributed by atoms with E-state index in [0.29, 0.717) is 19.4 Å². The van der Waals surface area contributed by atoms with E-state index < -0.39 is 0 Å². The van der Waals surface area contributed by atoms with E-state index in [1.54, 1.807) is 0 Å². The lowest BCUT2D eigenvalue weighted by atomic mass is 9.98. The highest BCUT2D eigenvalue weighted by Crippen LogP contribution is 2.23. The predicted octanol–water partition coefficient (Wildman–Crippen LogP) is 2.09. The van der Waals surface area contributed by atoms with Crippen molar-refractivity contribution in [2.24, 2.45) is 5.92 Å². The van der Waals surface area contributed by atoms with Crippen LogP contribution in [-0.2, 0) is 16.0 Å². The maximum Gasteiger partial charge on any atom is 0.233 e. The minimum Gasteiger partial charge on any atom is -0.302 e. The summed E-state index contributed by atoms with van der Waals surface area (Å²) in [4.78, 5) is 28.5. The van der Waals surface area contributed by atoms with Crippen LogP contribution in [0.2, 0.25) is 0 Å². The molecule has 4 heteroatoms. The zero-order valence-corrected chi connectivity index (χ0v) is 13.0. The maximum atomic E-state index is 12.5. The lowest BCUT2D eigenvalue weighted by Gasteiger charge is -2.28. The molecule has 0 saturated carbocycles. The van der Waals surface area contributed by atoms with Crippen molar-refractivity contribution in [2.75, 3.05) is 26.2 Å². The summed E-state index contributed by atoms with van der Waals surface area (Å²) in [6.07, 6.45) is 4.81. The number of rotatable bonds is 5. The summed E-state index contributed by atoms with van der Waals surface area (Å²) in [6, 6.07) is 9.97. The van der Waals surface area contributed by atoms with Gasteiger partial charge in [-0.2, -0.15) is 0 Å². The molecule has 2 aliphatic rings. The van der Waals surface area contributed by atoms with Gasteiger partial charge in [-0.05, 0) is 37.9 Å². The Hall–Kier alpha value is -1.68. The Morgan fingerprint density at radius 3 is 2.41 bits per heavy atom. The third kappa shape index (κ3) is 3.55. The molecule has 0 bridgehead atoms. The van der Waals surface area contributed by atoms with E-state index in [1.807, 2.05) is 30.3 Å². The van der Waals surface area contributed by atoms with Crippen LogP contribution in [0.25, 0.3) is 0 Å². The van der Waals surface area contributed by atoms with Gasteiger partial charge in [-0.25, -0.2) is 0 Å². The molecule has 118 valence electrons. The van der Waals surface area contributed by atoms with E-state index in [2.05, 4.69) is 4.90 Å². The Bertz CT molecular complexity index is 523. The van der Waals surface area contributed by atoms with Crippen molar-refractivity contribution in [2.45, 2.75) is 32.1 Å². The minimum absolute atomic E-state index is 0.00272. The van der Waals surface area contributed by atoms with Gasteiger partial charge in [-0.3, -0.25) is 14.5 Å². The van der Waals surface area contributed by atoms with Crippen molar-refractivity contribution in [3.8, 4) is 0 Å². The van der Waals surface area contributed by atoms with E-state index in [-0.39, 0.29) is 17.7 Å². The molecule has 0 N–H and O–H groups in total. The third-order valence-electron chi connectivity index (χ3n) is 4.75. The molecule has 0 aromatic heterocycles. The highest BCUT2D eigenvalue weighted by molar-refractivity contribution is 6.03. The number of likely N-dealkylation sites (tertiary alicyclic amines) is 2. The zero-order chi connectivity index (χ0) is 15.4. The van der Waals surface area contributed by atoms with Crippen molar-refractivity contribution in [3.63, 3.8) is 0 Å². The van der Waals surface area contributed by atoms with Crippen molar-refractivity contribution < 1.29 is 9.59 Å². The summed E-state index contributed by atoms with van der Waals surface area (Å²) in [5.74, 6) is -0.148. The Morgan fingerprint density at radius 2 is 1.68 bits per heavy atom. The number of nitrogens with zero attached hydrogens (tertiary/aromatic N) is 2. The van der Waals surface area contributed by atoms with E-state index >= 15 is 0 Å². The number of benzene rings is 1. The van der Waals surface area contributed by atoms with Crippen LogP contribution in [-0.4, -0.2) is 47.8 Å². The van der Waals surface area contributed by atoms with Crippen LogP contribution in [0.4, 0.5) is 0 Å². The Labute approximate surface area is 132 Å². The third-order valence-corrected chi connectivity index (χ3v) is 4.75. The van der Waals surface area contributed by atoms with E-state index in [0.717, 1.165) is 25.2 Å². The summed E-state index contributed by atoms with van der Waals surface area (Å²) in [5.41, 5.74) is 1.13. The Morgan fingerprint density at radius 1 is 0.955 bits per heavy atom. The first-order valence-electron chi connectivity index (χ1n) is 8.34. The van der Waals surface area contributed by atoms with Crippen LogP contribution in [0, 0.1) is 5.92 Å². The molecular weight excluding hydrogens is 276 g/mol. The molecule has 0 spiro atoms. The van der Waals surface area contributed by atoms with Crippen molar-refractivity contribution >= 4 is 11.8 Å². The first kappa shape index (κ1) is 15.2. The smallest absolute Gasteiger partial charge is 0.233 e. The van der Waals surface area contributed by atoms with Crippen LogP contribution in [0.3, 0.4) is 0 Å². The molecule has 3 rings (SSSR count). The van der Waals surface area contributed by atoms with E-state index in [4.69, 9.17) is 0 Å². The number of hydrogen-bond donors (Lipinski definition) is 0. The molecule has 2 saturated heterocycles. The lowest BCUT2D eigenvalue weighted by molar-refractivity contribution is -0.139. The fraction of sp³-hybridized carbons (Fsp3) is 0.556. The van der Waals surface area contributed by atoms with Crippen molar-refractivity contribution in [1.29, 1.82) is 0 Å². The van der Waals surface area contributed by atoms with Gasteiger partial charge in [0.2, 0.25) is 11.8 Å². The van der Waals surface area contributed by atoms with Gasteiger partial charge in [0.15, 0.2) is 0 Å². The van der Waals surface area contributed by atoms with Crippen molar-refractivity contribution in [1.82, 2.24) is 9.80 Å². The minimum atomic E-state index is -0.170. The normalized spacial score (nSPS) is 23.3. The summed E-state index contributed by atoms with van der Waals surface area (Å²) in [6.45, 7) is 3.59. The van der Waals surface area contributed by atoms with Gasteiger partial charge in [-0.15, -0.1) is 0 Å². The summed E-state index contributed by atoms with van der Waals surface area (Å²) in [7, 11) is 0. The molecule has 2 fully saturated rings. The largest absolute Gasteiger partial charge is 0.302 e. The first-order valence-corrected chi connectivity index (χ1v) is 8.34. The second-order valence-corrected chi connectivity index (χ2v) is 6.38. The first-order chi connectivity index (χ1) is 10.7. The molecule has 1 atom stereocenters. The molecular formula is C18H24N2O2. The molecule has 2 heterocycles. The van der Waals surface area contributed by atoms with Crippen LogP contribution >= 0.6 is 0 Å². The van der Waals surface area contributed by atoms with E-state index in [1.165, 1.54) is 24.2 Å². The monoisotopic (exact) mass is 300 g/mol. The Kier molecular flexibility index (Phi) is 4.88. The van der Waals surface area contributed by atoms with Gasteiger partial charge in [0.1, 0.15) is 0 Å². The average Bonchev–Trinajstić information content (AvgIpc) is 2.81. The van der Waals surface area contributed by atoms with Crippen LogP contribution in [0.15, 0.2) is 30.3 Å². The lowest BCUT2D eigenvalue weighted by Crippen LogP contribution is -2.40. The highest BCUT2D eigenvalue weighted by Gasteiger charge is 2.38. The Balaban J connectivity index is 1.54. The van der Waals surface area contributed by atoms with Gasteiger partial charge in [0, 0.05) is 19.5 Å². The van der Waals surface area contributed by atoms with E-state index in [9.17, 15) is 9.59 Å². The van der Waals surface area contributed by atoms with Crippen LogP contribution < -0.4 is 0 Å². The van der Waals surface area contributed by atoms with Gasteiger partial charge in [0.25, 0.3) is 0 Å². The number of hydrogen-bond acceptors (Lipinski definition) is 3. The quantitative estimate of drug-likeness (QED) is 0.782. The molecule has 2 amide bonds. The standard InChI is InChI=1S/C18H24N2O2/c21-17-14-16(13-15-7-3-1-4-8-15)18(22)20(17)12-11-19-9-5-2-6-10-19/h1,3-4,7-8,16H,2,5-6,9-14H2/t16-/m1/s1. The molecule has 0 unspecified atom stereocenters. The maximum absolute atomic E-state index is 12.5. The SMILES string of the molecule is O=C1C[C@@H](Cc2ccccc2)C(=O)N1CCN1CCCCC1. The van der Waals surface area contributed by atoms with Crippen molar-refractivity contribution in [3.05, 3.63) is 35.9 Å². The molecule has 1 aromatic carbocycles. The van der Waals surface area contributed by atoms with Gasteiger partial charge in [0.05, 0.1) is 5.92 Å². The molecule has 22 heavy (non-hydrogen) atoms. The summed E-state index contributed by atoms with van der Waals surface area (Å²) >= 11 is 0. The number of carbonyl (C=O) groups is 2. The summed E-state index contributed by atoms with van der Waals surface area (Å²) < 4.78 is 0. The van der Waals surface area contributed by atoms with Crippen LogP contribution in [0.1, 0.15) is 31.2 Å². The number of amides is 2. The molecule has 1 aromatic rings. The van der Waals surface area contributed by atoms with Gasteiger partial charge >= 0.3 is 0 Å². The number of carbonyl (C=O) groups excluding carboxylic acids is 2. The van der Waals surface area contributed by atoms with Crippen LogP contribution in [0.5, 0.6) is 0 Å². The van der Waals surface area contributed by atoms with Gasteiger partial charge < -0.3 is 4.90 Å². The number of piperidine rings is 1. The molecule has 4 nitrogen and oxygen atoms in total. The number of imide groups is 1. The average molecular weight is 300 g/mol. The van der Waals surface area contributed by atoms with Gasteiger partial charge in [-0.1, -0.05) is 36.8 Å². The second kappa shape index (κ2) is 7.05. The summed E-state index contributed by atoms with van der Waals surface area (Å²) in [5, 5.41) is 0. The molecule has 2 aliphatic heterocycles. The topological polar surface area (TPSA) is 40.6 Å². The zero-order valence-electron chi connectivity index (χ0n) is 13.0. The fourth-order valence-electron chi connectivity index (χ4n) is 3.47.